The van der Waals surface area contributed by atoms with Crippen LogP contribution in [-0.2, 0) is 61.8 Å². The lowest BCUT2D eigenvalue weighted by molar-refractivity contribution is 0.0517. The standard InChI is InChI=1S/2C27H21FN2O4.C24H15F3N2O2.C23H18FN3O3/c1-2-34-27(33)18-6-3-5-17(13-18)22-20-7-4-12-29-24(20)25(31)23-21(22)15-30(26(23)32)14-16-8-10-19(28)11-9-16;1-2-34-27(33)19-7-4-3-6-18(19)22-20-8-5-13-29-24(20)25(31)23-21(22)15-30(26(23)32)14-16-9-11-17(28)12-10-16;25-14-8-6-13(7-9-14)11-29-12-16-19(21-17(26)4-1-5-18(21)27)15-3-2-10-28-22(15)23(30)20(16)24(29)31;1-12-18(13(2)30-26-12)19-16-4-3-9-25-21(16)22(28)20-17(19)11-27(23(20)29)10-14-5-7-15(24)8-6-14/h2*3-13,31H,2,14-15H2,1H3;1-10,30H,11-12H2;3-9,28H,10-11H2,1-2H3. The zero-order valence-electron chi connectivity index (χ0n) is 69.3. The Hall–Kier alpha value is -16.1. The van der Waals surface area contributed by atoms with E-state index in [0.717, 1.165) is 62.0 Å². The molecule has 0 saturated heterocycles. The van der Waals surface area contributed by atoms with Crippen molar-refractivity contribution in [2.24, 2.45) is 0 Å². The van der Waals surface area contributed by atoms with E-state index >= 15 is 0 Å². The molecule has 28 heteroatoms. The summed E-state index contributed by atoms with van der Waals surface area (Å²) in [5.41, 5.74) is 12.7. The molecule has 16 aromatic rings. The SMILES string of the molecule is CCOC(=O)c1cccc(-c2c3c(c(O)c4ncccc24)C(=O)N(Cc2ccc(F)cc2)C3)c1.CCOC(=O)c1ccccc1-c1c2c(c(O)c3ncccc13)C(=O)N(Cc1ccc(F)cc1)C2.Cc1noc(C)c1-c1c2c(c(O)c3ncccc13)C(=O)N(Cc1ccc(F)cc1)C2.O=C1c2c(c(-c3c(F)cccc3F)c3cccnc3c2O)CN1Cc1ccc(F)cc1. The van der Waals surface area contributed by atoms with E-state index in [1.54, 1.807) is 162 Å². The number of fused-ring (bicyclic) bond motifs is 8. The van der Waals surface area contributed by atoms with Crippen molar-refractivity contribution < 1.29 is 89.5 Å². The molecule has 9 heterocycles. The predicted octanol–water partition coefficient (Wildman–Crippen LogP) is 19.8. The van der Waals surface area contributed by atoms with E-state index in [2.05, 4.69) is 25.1 Å². The van der Waals surface area contributed by atoms with E-state index in [-0.39, 0.29) is 155 Å². The number of benzene rings is 11. The number of nitrogens with zero attached hydrogens (tertiary/aromatic N) is 9. The number of hydrogen-bond donors (Lipinski definition) is 4. The van der Waals surface area contributed by atoms with E-state index in [9.17, 15) is 75.5 Å². The molecule has 0 radical (unpaired) electrons. The van der Waals surface area contributed by atoms with Crippen LogP contribution in [0, 0.1) is 48.8 Å². The first-order valence-electron chi connectivity index (χ1n) is 40.9. The van der Waals surface area contributed by atoms with Crippen molar-refractivity contribution in [3.8, 4) is 67.5 Å². The number of rotatable bonds is 16. The molecule has 0 unspecified atom stereocenters. The Bertz CT molecular complexity index is 7200. The molecule has 11 aromatic carbocycles. The summed E-state index contributed by atoms with van der Waals surface area (Å²) in [4.78, 5) is 102. The van der Waals surface area contributed by atoms with Gasteiger partial charge in [0.15, 0.2) is 23.0 Å². The van der Waals surface area contributed by atoms with Gasteiger partial charge in [-0.25, -0.2) is 35.9 Å². The fourth-order valence-corrected chi connectivity index (χ4v) is 17.3. The highest BCUT2D eigenvalue weighted by Gasteiger charge is 2.42. The van der Waals surface area contributed by atoms with E-state index in [1.165, 1.54) is 65.7 Å². The number of halogens is 6. The molecule has 22 nitrogen and oxygen atoms in total. The Morgan fingerprint density at radius 2 is 0.698 bits per heavy atom. The minimum absolute atomic E-state index is 0.0223. The number of phenols is 4. The molecule has 4 aliphatic heterocycles. The molecule has 4 aliphatic rings. The number of amides is 4. The number of pyridine rings is 4. The molecule has 0 spiro atoms. The topological polar surface area (TPSA) is 292 Å². The maximum Gasteiger partial charge on any atom is 0.338 e. The number of carbonyl (C=O) groups is 6. The number of aromatic nitrogens is 5. The first-order valence-corrected chi connectivity index (χ1v) is 40.9. The van der Waals surface area contributed by atoms with Gasteiger partial charge in [0.1, 0.15) is 62.7 Å². The van der Waals surface area contributed by atoms with Crippen molar-refractivity contribution in [1.29, 1.82) is 0 Å². The Kier molecular flexibility index (Phi) is 23.4. The Morgan fingerprint density at radius 1 is 0.364 bits per heavy atom. The van der Waals surface area contributed by atoms with Gasteiger partial charge >= 0.3 is 11.9 Å². The molecule has 20 rings (SSSR count). The third-order valence-electron chi connectivity index (χ3n) is 23.0. The third kappa shape index (κ3) is 16.1. The number of phenolic OH excluding ortho intramolecular Hbond substituents is 4. The Balaban J connectivity index is 0.000000121. The van der Waals surface area contributed by atoms with Gasteiger partial charge in [-0.1, -0.05) is 114 Å². The molecule has 5 aromatic heterocycles. The van der Waals surface area contributed by atoms with Gasteiger partial charge in [0.2, 0.25) is 0 Å². The highest BCUT2D eigenvalue weighted by atomic mass is 19.2. The number of hydrogen-bond acceptors (Lipinski definition) is 18. The number of aromatic hydroxyl groups is 4. The predicted molar refractivity (Wildman–Crippen MR) is 467 cm³/mol. The fourth-order valence-electron chi connectivity index (χ4n) is 17.3. The number of carbonyl (C=O) groups excluding carboxylic acids is 6. The van der Waals surface area contributed by atoms with E-state index in [4.69, 9.17) is 14.0 Å². The summed E-state index contributed by atoms with van der Waals surface area (Å²) in [6.45, 7) is 9.42. The first kappa shape index (κ1) is 85.1. The molecule has 0 saturated carbocycles. The lowest BCUT2D eigenvalue weighted by atomic mass is 9.89. The number of ether oxygens (including phenoxy) is 2. The van der Waals surface area contributed by atoms with Crippen LogP contribution in [0.3, 0.4) is 0 Å². The van der Waals surface area contributed by atoms with Crippen LogP contribution in [0.2, 0.25) is 0 Å². The fraction of sp³-hybridized carbons (Fsp3) is 0.139. The average molecular weight is 1740 g/mol. The molecular weight excluding hydrogens is 1660 g/mol. The van der Waals surface area contributed by atoms with Crippen molar-refractivity contribution in [3.63, 3.8) is 0 Å². The molecule has 0 fully saturated rings. The van der Waals surface area contributed by atoms with Crippen LogP contribution in [-0.4, -0.2) is 114 Å². The van der Waals surface area contributed by atoms with E-state index < -0.39 is 35.3 Å². The minimum Gasteiger partial charge on any atom is -0.505 e. The summed E-state index contributed by atoms with van der Waals surface area (Å²) in [5.74, 6) is -5.48. The second kappa shape index (κ2) is 35.5. The van der Waals surface area contributed by atoms with Crippen LogP contribution < -0.4 is 0 Å². The Morgan fingerprint density at radius 3 is 1.07 bits per heavy atom. The van der Waals surface area contributed by atoms with Crippen molar-refractivity contribution >= 4 is 79.2 Å². The van der Waals surface area contributed by atoms with Gasteiger partial charge in [0, 0.05) is 115 Å². The van der Waals surface area contributed by atoms with Crippen LogP contribution in [0.1, 0.15) is 132 Å². The molecule has 4 N–H and O–H groups in total. The highest BCUT2D eigenvalue weighted by Crippen LogP contribution is 2.51. The molecule has 129 heavy (non-hydrogen) atoms. The van der Waals surface area contributed by atoms with Crippen LogP contribution in [0.25, 0.3) is 88.1 Å². The molecule has 0 aliphatic carbocycles. The van der Waals surface area contributed by atoms with Gasteiger partial charge in [0.05, 0.1) is 57.9 Å². The highest BCUT2D eigenvalue weighted by molar-refractivity contribution is 6.17. The van der Waals surface area contributed by atoms with Gasteiger partial charge < -0.3 is 54.0 Å². The van der Waals surface area contributed by atoms with Gasteiger partial charge in [-0.15, -0.1) is 0 Å². The summed E-state index contributed by atoms with van der Waals surface area (Å²) in [6, 6.07) is 55.3. The summed E-state index contributed by atoms with van der Waals surface area (Å²) >= 11 is 0. The molecule has 0 bridgehead atoms. The number of aryl methyl sites for hydroxylation is 2. The first-order chi connectivity index (χ1) is 62.4. The summed E-state index contributed by atoms with van der Waals surface area (Å²) in [6.07, 6.45) is 6.13. The van der Waals surface area contributed by atoms with Crippen LogP contribution >= 0.6 is 0 Å². The lowest BCUT2D eigenvalue weighted by Gasteiger charge is -2.17. The molecule has 0 atom stereocenters. The van der Waals surface area contributed by atoms with Crippen molar-refractivity contribution in [1.82, 2.24) is 44.7 Å². The second-order valence-corrected chi connectivity index (χ2v) is 30.9. The smallest absolute Gasteiger partial charge is 0.338 e. The van der Waals surface area contributed by atoms with Crippen LogP contribution in [0.4, 0.5) is 26.3 Å². The van der Waals surface area contributed by atoms with E-state index in [0.29, 0.717) is 96.2 Å². The minimum atomic E-state index is -0.775. The normalized spacial score (nSPS) is 13.0. The molecule has 4 amide bonds. The zero-order chi connectivity index (χ0) is 90.3. The van der Waals surface area contributed by atoms with Gasteiger partial charge in [-0.2, -0.15) is 0 Å². The maximum atomic E-state index is 14.8. The lowest BCUT2D eigenvalue weighted by Crippen LogP contribution is -2.23. The average Bonchev–Trinajstić information content (AvgIpc) is 1.62. The summed E-state index contributed by atoms with van der Waals surface area (Å²) in [5, 5.41) is 50.3. The maximum absolute atomic E-state index is 14.8. The van der Waals surface area contributed by atoms with Gasteiger partial charge in [-0.3, -0.25) is 39.1 Å². The van der Waals surface area contributed by atoms with Gasteiger partial charge in [-0.05, 0) is 198 Å². The van der Waals surface area contributed by atoms with Crippen LogP contribution in [0.15, 0.2) is 242 Å². The monoisotopic (exact) mass is 1740 g/mol. The van der Waals surface area contributed by atoms with Gasteiger partial charge in [0.25, 0.3) is 23.6 Å². The zero-order valence-corrected chi connectivity index (χ0v) is 69.3. The Labute approximate surface area is 731 Å². The second-order valence-electron chi connectivity index (χ2n) is 30.9. The van der Waals surface area contributed by atoms with Crippen LogP contribution in [0.5, 0.6) is 23.0 Å². The largest absolute Gasteiger partial charge is 0.505 e. The van der Waals surface area contributed by atoms with Crippen molar-refractivity contribution in [3.05, 3.63) is 361 Å². The van der Waals surface area contributed by atoms with Crippen molar-refractivity contribution in [2.75, 3.05) is 13.2 Å². The molecular formula is C101H75F6N9O13. The van der Waals surface area contributed by atoms with E-state index in [1.807, 2.05) is 44.2 Å². The quantitative estimate of drug-likeness (QED) is 0.0516. The summed E-state index contributed by atoms with van der Waals surface area (Å²) < 4.78 is 98.5. The third-order valence-corrected chi connectivity index (χ3v) is 23.0. The van der Waals surface area contributed by atoms with Crippen molar-refractivity contribution in [2.45, 2.75) is 80.1 Å². The number of esters is 2. The summed E-state index contributed by atoms with van der Waals surface area (Å²) in [7, 11) is 0. The molecule has 644 valence electrons.